The molecule has 0 atom stereocenters. The summed E-state index contributed by atoms with van der Waals surface area (Å²) in [6, 6.07) is 7.89. The van der Waals surface area contributed by atoms with Gasteiger partial charge in [0.1, 0.15) is 12.2 Å². The van der Waals surface area contributed by atoms with Gasteiger partial charge in [-0.3, -0.25) is 19.3 Å². The molecule has 0 saturated carbocycles. The highest BCUT2D eigenvalue weighted by molar-refractivity contribution is 7.13. The second-order valence-electron chi connectivity index (χ2n) is 6.50. The summed E-state index contributed by atoms with van der Waals surface area (Å²) in [6.07, 6.45) is 0.417. The SMILES string of the molecule is O=C(CN1C(=O)CCC1=O)N1CCN(c2ccc(-c3cccs3)nn2)CC1. The minimum absolute atomic E-state index is 0.146. The Kier molecular flexibility index (Phi) is 4.85. The van der Waals surface area contributed by atoms with Gasteiger partial charge in [0.05, 0.1) is 4.88 Å². The van der Waals surface area contributed by atoms with Gasteiger partial charge >= 0.3 is 0 Å². The number of piperazine rings is 1. The van der Waals surface area contributed by atoms with Crippen molar-refractivity contribution in [1.29, 1.82) is 0 Å². The molecule has 3 amide bonds. The first kappa shape index (κ1) is 17.6. The molecule has 2 saturated heterocycles. The number of aromatic nitrogens is 2. The molecule has 2 aromatic heterocycles. The van der Waals surface area contributed by atoms with Crippen molar-refractivity contribution in [3.05, 3.63) is 29.6 Å². The van der Waals surface area contributed by atoms with Gasteiger partial charge in [0.25, 0.3) is 0 Å². The zero-order chi connectivity index (χ0) is 18.8. The molecule has 4 rings (SSSR count). The van der Waals surface area contributed by atoms with E-state index in [2.05, 4.69) is 15.1 Å². The standard InChI is InChI=1S/C18H19N5O3S/c24-16-5-6-17(25)23(16)12-18(26)22-9-7-21(8-10-22)15-4-3-13(19-20-15)14-2-1-11-27-14/h1-4,11H,5-10,12H2. The van der Waals surface area contributed by atoms with Crippen LogP contribution in [0.2, 0.25) is 0 Å². The zero-order valence-corrected chi connectivity index (χ0v) is 15.5. The third-order valence-corrected chi connectivity index (χ3v) is 5.72. The molecule has 0 aromatic carbocycles. The molecule has 9 heteroatoms. The number of carbonyl (C=O) groups is 3. The largest absolute Gasteiger partial charge is 0.352 e. The smallest absolute Gasteiger partial charge is 0.242 e. The van der Waals surface area contributed by atoms with Gasteiger partial charge in [-0.25, -0.2) is 0 Å². The van der Waals surface area contributed by atoms with Crippen molar-refractivity contribution in [2.45, 2.75) is 12.8 Å². The Balaban J connectivity index is 1.33. The number of carbonyl (C=O) groups excluding carboxylic acids is 3. The Morgan fingerprint density at radius 3 is 2.33 bits per heavy atom. The van der Waals surface area contributed by atoms with Gasteiger partial charge in [-0.05, 0) is 23.6 Å². The number of nitrogens with zero attached hydrogens (tertiary/aromatic N) is 5. The number of hydrogen-bond donors (Lipinski definition) is 0. The van der Waals surface area contributed by atoms with Gasteiger partial charge in [0.2, 0.25) is 17.7 Å². The number of rotatable bonds is 4. The molecule has 0 N–H and O–H groups in total. The van der Waals surface area contributed by atoms with Crippen LogP contribution in [-0.4, -0.2) is 70.4 Å². The monoisotopic (exact) mass is 385 g/mol. The van der Waals surface area contributed by atoms with E-state index in [4.69, 9.17) is 0 Å². The summed E-state index contributed by atoms with van der Waals surface area (Å²) in [5.41, 5.74) is 0.850. The predicted octanol–water partition coefficient (Wildman–Crippen LogP) is 1.00. The maximum Gasteiger partial charge on any atom is 0.242 e. The normalized spacial score (nSPS) is 17.7. The van der Waals surface area contributed by atoms with Gasteiger partial charge in [0, 0.05) is 39.0 Å². The Morgan fingerprint density at radius 2 is 1.74 bits per heavy atom. The molecule has 140 valence electrons. The lowest BCUT2D eigenvalue weighted by Crippen LogP contribution is -2.52. The summed E-state index contributed by atoms with van der Waals surface area (Å²) >= 11 is 1.62. The quantitative estimate of drug-likeness (QED) is 0.730. The molecule has 27 heavy (non-hydrogen) atoms. The molecule has 8 nitrogen and oxygen atoms in total. The first-order valence-corrected chi connectivity index (χ1v) is 9.73. The maximum absolute atomic E-state index is 12.4. The van der Waals surface area contributed by atoms with Gasteiger partial charge in [-0.2, -0.15) is 0 Å². The lowest BCUT2D eigenvalue weighted by Gasteiger charge is -2.35. The fourth-order valence-electron chi connectivity index (χ4n) is 3.27. The van der Waals surface area contributed by atoms with Crippen LogP contribution < -0.4 is 4.90 Å². The minimum Gasteiger partial charge on any atom is -0.352 e. The maximum atomic E-state index is 12.4. The lowest BCUT2D eigenvalue weighted by molar-refractivity contribution is -0.145. The highest BCUT2D eigenvalue weighted by Crippen LogP contribution is 2.23. The van der Waals surface area contributed by atoms with Crippen molar-refractivity contribution in [2.24, 2.45) is 0 Å². The summed E-state index contributed by atoms with van der Waals surface area (Å²) in [4.78, 5) is 41.7. The average Bonchev–Trinajstić information content (AvgIpc) is 3.34. The van der Waals surface area contributed by atoms with Crippen LogP contribution in [-0.2, 0) is 14.4 Å². The van der Waals surface area contributed by atoms with E-state index in [0.717, 1.165) is 21.3 Å². The average molecular weight is 385 g/mol. The number of amides is 3. The molecule has 0 spiro atoms. The van der Waals surface area contributed by atoms with E-state index in [1.807, 2.05) is 29.6 Å². The number of imide groups is 1. The van der Waals surface area contributed by atoms with Crippen LogP contribution in [0.15, 0.2) is 29.6 Å². The van der Waals surface area contributed by atoms with Crippen LogP contribution in [0.4, 0.5) is 5.82 Å². The molecular weight excluding hydrogens is 366 g/mol. The molecule has 2 fully saturated rings. The molecule has 2 aromatic rings. The summed E-state index contributed by atoms with van der Waals surface area (Å²) in [5.74, 6) is 0.0888. The molecule has 0 unspecified atom stereocenters. The highest BCUT2D eigenvalue weighted by Gasteiger charge is 2.32. The molecule has 0 radical (unpaired) electrons. The Morgan fingerprint density at radius 1 is 1.00 bits per heavy atom. The Hall–Kier alpha value is -2.81. The van der Waals surface area contributed by atoms with Gasteiger partial charge < -0.3 is 9.80 Å². The molecule has 0 bridgehead atoms. The Labute approximate surface area is 160 Å². The van der Waals surface area contributed by atoms with E-state index >= 15 is 0 Å². The topological polar surface area (TPSA) is 86.7 Å². The number of thiophene rings is 1. The lowest BCUT2D eigenvalue weighted by atomic mass is 10.2. The second kappa shape index (κ2) is 7.43. The summed E-state index contributed by atoms with van der Waals surface area (Å²) in [6.45, 7) is 2.20. The third kappa shape index (κ3) is 3.68. The van der Waals surface area contributed by atoms with Crippen molar-refractivity contribution < 1.29 is 14.4 Å². The van der Waals surface area contributed by atoms with E-state index in [1.54, 1.807) is 16.2 Å². The van der Waals surface area contributed by atoms with Crippen LogP contribution in [0.25, 0.3) is 10.6 Å². The van der Waals surface area contributed by atoms with Crippen LogP contribution in [0.3, 0.4) is 0 Å². The molecule has 2 aliphatic heterocycles. The summed E-state index contributed by atoms with van der Waals surface area (Å²) in [7, 11) is 0. The van der Waals surface area contributed by atoms with Gasteiger partial charge in [-0.15, -0.1) is 21.5 Å². The molecule has 4 heterocycles. The minimum atomic E-state index is -0.256. The summed E-state index contributed by atoms with van der Waals surface area (Å²) < 4.78 is 0. The number of likely N-dealkylation sites (tertiary alicyclic amines) is 1. The first-order chi connectivity index (χ1) is 13.1. The van der Waals surface area contributed by atoms with E-state index in [0.29, 0.717) is 26.2 Å². The van der Waals surface area contributed by atoms with E-state index in [1.165, 1.54) is 0 Å². The third-order valence-electron chi connectivity index (χ3n) is 4.83. The van der Waals surface area contributed by atoms with E-state index in [9.17, 15) is 14.4 Å². The van der Waals surface area contributed by atoms with Crippen molar-refractivity contribution in [3.63, 3.8) is 0 Å². The number of anilines is 1. The fraction of sp³-hybridized carbons (Fsp3) is 0.389. The molecular formula is C18H19N5O3S. The van der Waals surface area contributed by atoms with Crippen LogP contribution in [0.1, 0.15) is 12.8 Å². The van der Waals surface area contributed by atoms with Gasteiger partial charge in [-0.1, -0.05) is 6.07 Å². The van der Waals surface area contributed by atoms with Crippen molar-refractivity contribution in [2.75, 3.05) is 37.6 Å². The predicted molar refractivity (Wildman–Crippen MR) is 100 cm³/mol. The number of hydrogen-bond acceptors (Lipinski definition) is 7. The van der Waals surface area contributed by atoms with Gasteiger partial charge in [0.15, 0.2) is 5.82 Å². The molecule has 0 aliphatic carbocycles. The Bertz CT molecular complexity index is 828. The van der Waals surface area contributed by atoms with Crippen LogP contribution in [0, 0.1) is 0 Å². The van der Waals surface area contributed by atoms with Crippen molar-refractivity contribution >= 4 is 34.9 Å². The van der Waals surface area contributed by atoms with Crippen LogP contribution in [0.5, 0.6) is 0 Å². The van der Waals surface area contributed by atoms with E-state index < -0.39 is 0 Å². The zero-order valence-electron chi connectivity index (χ0n) is 14.7. The second-order valence-corrected chi connectivity index (χ2v) is 7.44. The first-order valence-electron chi connectivity index (χ1n) is 8.85. The summed E-state index contributed by atoms with van der Waals surface area (Å²) in [5, 5.41) is 10.6. The molecule has 2 aliphatic rings. The highest BCUT2D eigenvalue weighted by atomic mass is 32.1. The van der Waals surface area contributed by atoms with Crippen LogP contribution >= 0.6 is 11.3 Å². The van der Waals surface area contributed by atoms with Crippen molar-refractivity contribution in [1.82, 2.24) is 20.0 Å². The van der Waals surface area contributed by atoms with E-state index in [-0.39, 0.29) is 37.1 Å². The van der Waals surface area contributed by atoms with Crippen molar-refractivity contribution in [3.8, 4) is 10.6 Å². The fourth-order valence-corrected chi connectivity index (χ4v) is 3.96.